The summed E-state index contributed by atoms with van der Waals surface area (Å²) in [5.41, 5.74) is -2.06. The number of rotatable bonds is 1. The first kappa shape index (κ1) is 12.0. The smallest absolute Gasteiger partial charge is 0.420 e. The predicted octanol–water partition coefficient (Wildman–Crippen LogP) is 3.31. The van der Waals surface area contributed by atoms with E-state index >= 15 is 0 Å². The second-order valence-electron chi connectivity index (χ2n) is 2.62. The lowest BCUT2D eigenvalue weighted by Gasteiger charge is -2.10. The maximum Gasteiger partial charge on any atom is 0.420 e. The van der Waals surface area contributed by atoms with Gasteiger partial charge in [0.25, 0.3) is 0 Å². The van der Waals surface area contributed by atoms with Crippen LogP contribution < -0.4 is 0 Å². The monoisotopic (exact) mass is 286 g/mol. The Morgan fingerprint density at radius 2 is 1.87 bits per heavy atom. The molecule has 82 valence electrons. The number of carbonyl (C=O) groups is 1. The van der Waals surface area contributed by atoms with Crippen molar-refractivity contribution in [1.29, 1.82) is 0 Å². The van der Waals surface area contributed by atoms with Gasteiger partial charge in [0.05, 0.1) is 5.56 Å². The molecule has 7 heteroatoms. The van der Waals surface area contributed by atoms with Crippen molar-refractivity contribution in [3.8, 4) is 0 Å². The molecule has 0 fully saturated rings. The zero-order chi connectivity index (χ0) is 11.8. The average molecular weight is 287 g/mol. The van der Waals surface area contributed by atoms with Gasteiger partial charge in [-0.2, -0.15) is 13.2 Å². The molecule has 0 saturated carbocycles. The van der Waals surface area contributed by atoms with Gasteiger partial charge < -0.3 is 5.11 Å². The van der Waals surface area contributed by atoms with Gasteiger partial charge in [0.15, 0.2) is 0 Å². The lowest BCUT2D eigenvalue weighted by molar-refractivity contribution is -0.140. The summed E-state index contributed by atoms with van der Waals surface area (Å²) in [5, 5.41) is 8.46. The Kier molecular flexibility index (Phi) is 3.03. The number of alkyl halides is 3. The third-order valence-electron chi connectivity index (χ3n) is 1.57. The van der Waals surface area contributed by atoms with Gasteiger partial charge in [0, 0.05) is 4.47 Å². The van der Waals surface area contributed by atoms with E-state index in [1.54, 1.807) is 0 Å². The molecule has 0 aromatic heterocycles. The second-order valence-corrected chi connectivity index (χ2v) is 3.47. The van der Waals surface area contributed by atoms with Crippen LogP contribution in [0, 0.1) is 5.82 Å². The number of aromatic carboxylic acids is 1. The van der Waals surface area contributed by atoms with E-state index in [0.717, 1.165) is 0 Å². The van der Waals surface area contributed by atoms with Crippen molar-refractivity contribution in [3.05, 3.63) is 33.5 Å². The highest BCUT2D eigenvalue weighted by Crippen LogP contribution is 2.37. The first-order chi connectivity index (χ1) is 6.73. The highest BCUT2D eigenvalue weighted by atomic mass is 79.9. The van der Waals surface area contributed by atoms with Crippen LogP contribution in [0.25, 0.3) is 0 Å². The average Bonchev–Trinajstić information content (AvgIpc) is 1.99. The summed E-state index contributed by atoms with van der Waals surface area (Å²) >= 11 is 2.48. The summed E-state index contributed by atoms with van der Waals surface area (Å²) in [6, 6.07) is 1.03. The van der Waals surface area contributed by atoms with Gasteiger partial charge in [0.1, 0.15) is 11.4 Å². The van der Waals surface area contributed by atoms with E-state index in [0.29, 0.717) is 12.1 Å². The molecule has 0 aliphatic rings. The standard InChI is InChI=1S/C8H3BrF4O2/c9-4-1-3(7(14)15)2-5(10)6(4)8(11,12)13/h1-2H,(H,14,15). The van der Waals surface area contributed by atoms with Crippen molar-refractivity contribution in [2.24, 2.45) is 0 Å². The molecule has 0 spiro atoms. The SMILES string of the molecule is O=C(O)c1cc(F)c(C(F)(F)F)c(Br)c1. The molecule has 0 bridgehead atoms. The van der Waals surface area contributed by atoms with Gasteiger partial charge in [-0.05, 0) is 12.1 Å². The summed E-state index contributed by atoms with van der Waals surface area (Å²) < 4.78 is 49.0. The molecule has 0 saturated heterocycles. The van der Waals surface area contributed by atoms with Crippen molar-refractivity contribution < 1.29 is 27.5 Å². The topological polar surface area (TPSA) is 37.3 Å². The molecule has 0 aliphatic heterocycles. The van der Waals surface area contributed by atoms with Crippen molar-refractivity contribution in [2.45, 2.75) is 6.18 Å². The predicted molar refractivity (Wildman–Crippen MR) is 46.1 cm³/mol. The van der Waals surface area contributed by atoms with E-state index in [-0.39, 0.29) is 0 Å². The van der Waals surface area contributed by atoms with Crippen LogP contribution >= 0.6 is 15.9 Å². The number of benzene rings is 1. The van der Waals surface area contributed by atoms with Gasteiger partial charge in [-0.1, -0.05) is 15.9 Å². The summed E-state index contributed by atoms with van der Waals surface area (Å²) in [6.07, 6.45) is -4.86. The summed E-state index contributed by atoms with van der Waals surface area (Å²) in [6.45, 7) is 0. The molecule has 0 heterocycles. The number of hydrogen-bond acceptors (Lipinski definition) is 1. The Balaban J connectivity index is 3.41. The van der Waals surface area contributed by atoms with Gasteiger partial charge >= 0.3 is 12.1 Å². The fourth-order valence-electron chi connectivity index (χ4n) is 0.967. The van der Waals surface area contributed by atoms with E-state index in [1.807, 2.05) is 0 Å². The Hall–Kier alpha value is -1.11. The molecular formula is C8H3BrF4O2. The van der Waals surface area contributed by atoms with E-state index in [2.05, 4.69) is 15.9 Å². The Labute approximate surface area is 89.6 Å². The van der Waals surface area contributed by atoms with Gasteiger partial charge in [0.2, 0.25) is 0 Å². The third kappa shape index (κ3) is 2.47. The molecule has 0 aliphatic carbocycles. The summed E-state index contributed by atoms with van der Waals surface area (Å²) in [5.74, 6) is -3.11. The quantitative estimate of drug-likeness (QED) is 0.805. The molecule has 1 rings (SSSR count). The molecule has 1 aromatic carbocycles. The first-order valence-corrected chi connectivity index (χ1v) is 4.32. The van der Waals surface area contributed by atoms with Crippen LogP contribution in [0.1, 0.15) is 15.9 Å². The lowest BCUT2D eigenvalue weighted by Crippen LogP contribution is -2.11. The van der Waals surface area contributed by atoms with Gasteiger partial charge in [-0.25, -0.2) is 9.18 Å². The molecule has 15 heavy (non-hydrogen) atoms. The van der Waals surface area contributed by atoms with E-state index < -0.39 is 33.6 Å². The molecule has 1 aromatic rings. The summed E-state index contributed by atoms with van der Waals surface area (Å²) in [7, 11) is 0. The highest BCUT2D eigenvalue weighted by molar-refractivity contribution is 9.10. The molecule has 1 N–H and O–H groups in total. The zero-order valence-electron chi connectivity index (χ0n) is 6.90. The number of carboxylic acid groups (broad SMARTS) is 1. The van der Waals surface area contributed by atoms with Crippen LogP contribution in [0.4, 0.5) is 17.6 Å². The molecular weight excluding hydrogens is 284 g/mol. The number of carboxylic acids is 1. The Morgan fingerprint density at radius 1 is 1.33 bits per heavy atom. The summed E-state index contributed by atoms with van der Waals surface area (Å²) in [4.78, 5) is 10.4. The van der Waals surface area contributed by atoms with E-state index in [4.69, 9.17) is 5.11 Å². The minimum atomic E-state index is -4.86. The van der Waals surface area contributed by atoms with Crippen LogP contribution in [0.15, 0.2) is 16.6 Å². The zero-order valence-corrected chi connectivity index (χ0v) is 8.49. The van der Waals surface area contributed by atoms with Crippen LogP contribution in [0.2, 0.25) is 0 Å². The maximum absolute atomic E-state index is 13.0. The largest absolute Gasteiger partial charge is 0.478 e. The van der Waals surface area contributed by atoms with Gasteiger partial charge in [-0.3, -0.25) is 0 Å². The fraction of sp³-hybridized carbons (Fsp3) is 0.125. The molecule has 0 radical (unpaired) electrons. The molecule has 0 amide bonds. The number of hydrogen-bond donors (Lipinski definition) is 1. The lowest BCUT2D eigenvalue weighted by atomic mass is 10.1. The second kappa shape index (κ2) is 3.80. The van der Waals surface area contributed by atoms with Crippen LogP contribution in [0.3, 0.4) is 0 Å². The highest BCUT2D eigenvalue weighted by Gasteiger charge is 2.37. The van der Waals surface area contributed by atoms with Crippen molar-refractivity contribution >= 4 is 21.9 Å². The van der Waals surface area contributed by atoms with Crippen molar-refractivity contribution in [2.75, 3.05) is 0 Å². The van der Waals surface area contributed by atoms with E-state index in [9.17, 15) is 22.4 Å². The molecule has 2 nitrogen and oxygen atoms in total. The molecule has 0 unspecified atom stereocenters. The van der Waals surface area contributed by atoms with Crippen molar-refractivity contribution in [1.82, 2.24) is 0 Å². The maximum atomic E-state index is 13.0. The van der Waals surface area contributed by atoms with Crippen LogP contribution in [-0.4, -0.2) is 11.1 Å². The normalized spacial score (nSPS) is 11.5. The number of halogens is 5. The van der Waals surface area contributed by atoms with Crippen LogP contribution in [-0.2, 0) is 6.18 Å². The van der Waals surface area contributed by atoms with E-state index in [1.165, 1.54) is 0 Å². The molecule has 0 atom stereocenters. The third-order valence-corrected chi connectivity index (χ3v) is 2.20. The Bertz CT molecular complexity index is 391. The van der Waals surface area contributed by atoms with Crippen molar-refractivity contribution in [3.63, 3.8) is 0 Å². The van der Waals surface area contributed by atoms with Gasteiger partial charge in [-0.15, -0.1) is 0 Å². The fourth-order valence-corrected chi connectivity index (χ4v) is 1.63. The Morgan fingerprint density at radius 3 is 2.20 bits per heavy atom. The van der Waals surface area contributed by atoms with Crippen LogP contribution in [0.5, 0.6) is 0 Å². The minimum Gasteiger partial charge on any atom is -0.478 e. The first-order valence-electron chi connectivity index (χ1n) is 3.53. The minimum absolute atomic E-state index is 0.329.